The number of ether oxygens (including phenoxy) is 1. The van der Waals surface area contributed by atoms with Gasteiger partial charge in [-0.15, -0.1) is 24.8 Å². The number of nitrogens with one attached hydrogen (secondary N) is 2. The van der Waals surface area contributed by atoms with E-state index in [1.807, 2.05) is 6.07 Å². The van der Waals surface area contributed by atoms with Crippen LogP contribution in [0.15, 0.2) is 30.3 Å². The molecule has 0 saturated carbocycles. The van der Waals surface area contributed by atoms with Crippen LogP contribution in [0.2, 0.25) is 0 Å². The van der Waals surface area contributed by atoms with Gasteiger partial charge in [-0.3, -0.25) is 9.69 Å². The minimum atomic E-state index is 0. The van der Waals surface area contributed by atoms with Crippen molar-refractivity contribution in [3.05, 3.63) is 35.9 Å². The van der Waals surface area contributed by atoms with Crippen LogP contribution >= 0.6 is 24.8 Å². The maximum absolute atomic E-state index is 12.1. The summed E-state index contributed by atoms with van der Waals surface area (Å²) in [6, 6.07) is 10.5. The van der Waals surface area contributed by atoms with Crippen molar-refractivity contribution in [2.24, 2.45) is 5.92 Å². The SMILES string of the molecule is Cl.Cl.O=C(CCC1CCNCC1)NCC1CN(Cc2ccccc2)CCO1. The van der Waals surface area contributed by atoms with E-state index in [4.69, 9.17) is 4.74 Å². The molecule has 2 N–H and O–H groups in total. The van der Waals surface area contributed by atoms with Crippen LogP contribution in [0.1, 0.15) is 31.2 Å². The number of rotatable bonds is 7. The van der Waals surface area contributed by atoms with Gasteiger partial charge >= 0.3 is 0 Å². The molecule has 1 amide bonds. The Morgan fingerprint density at radius 1 is 1.19 bits per heavy atom. The summed E-state index contributed by atoms with van der Waals surface area (Å²) in [6.07, 6.45) is 4.16. The van der Waals surface area contributed by atoms with Crippen LogP contribution in [-0.2, 0) is 16.1 Å². The Morgan fingerprint density at radius 3 is 2.67 bits per heavy atom. The average Bonchev–Trinajstić information content (AvgIpc) is 2.67. The number of hydrogen-bond donors (Lipinski definition) is 2. The van der Waals surface area contributed by atoms with Gasteiger partial charge in [0.1, 0.15) is 0 Å². The quantitative estimate of drug-likeness (QED) is 0.715. The van der Waals surface area contributed by atoms with Gasteiger partial charge in [-0.2, -0.15) is 0 Å². The monoisotopic (exact) mass is 417 g/mol. The van der Waals surface area contributed by atoms with Gasteiger partial charge in [0, 0.05) is 32.6 Å². The zero-order valence-corrected chi connectivity index (χ0v) is 17.5. The first-order valence-corrected chi connectivity index (χ1v) is 9.65. The molecule has 0 aliphatic carbocycles. The summed E-state index contributed by atoms with van der Waals surface area (Å²) < 4.78 is 5.83. The number of carbonyl (C=O) groups is 1. The maximum Gasteiger partial charge on any atom is 0.220 e. The molecule has 1 aromatic carbocycles. The molecule has 27 heavy (non-hydrogen) atoms. The fourth-order valence-corrected chi connectivity index (χ4v) is 3.71. The van der Waals surface area contributed by atoms with Crippen molar-refractivity contribution in [2.75, 3.05) is 39.3 Å². The van der Waals surface area contributed by atoms with E-state index in [9.17, 15) is 4.79 Å². The molecule has 0 spiro atoms. The number of amides is 1. The number of nitrogens with zero attached hydrogens (tertiary/aromatic N) is 1. The zero-order valence-electron chi connectivity index (χ0n) is 15.9. The van der Waals surface area contributed by atoms with Crippen molar-refractivity contribution >= 4 is 30.7 Å². The minimum absolute atomic E-state index is 0. The third-order valence-corrected chi connectivity index (χ3v) is 5.24. The summed E-state index contributed by atoms with van der Waals surface area (Å²) in [7, 11) is 0. The molecule has 2 fully saturated rings. The van der Waals surface area contributed by atoms with E-state index >= 15 is 0 Å². The molecule has 154 valence electrons. The summed E-state index contributed by atoms with van der Waals surface area (Å²) in [5, 5.41) is 6.44. The lowest BCUT2D eigenvalue weighted by Crippen LogP contribution is -2.47. The molecular formula is C20H33Cl2N3O2. The average molecular weight is 418 g/mol. The highest BCUT2D eigenvalue weighted by molar-refractivity contribution is 5.85. The Morgan fingerprint density at radius 2 is 1.93 bits per heavy atom. The van der Waals surface area contributed by atoms with Crippen LogP contribution in [0.4, 0.5) is 0 Å². The summed E-state index contributed by atoms with van der Waals surface area (Å²) >= 11 is 0. The fourth-order valence-electron chi connectivity index (χ4n) is 3.71. The van der Waals surface area contributed by atoms with Crippen LogP contribution in [-0.4, -0.2) is 56.2 Å². The van der Waals surface area contributed by atoms with Crippen LogP contribution in [0.25, 0.3) is 0 Å². The first-order valence-electron chi connectivity index (χ1n) is 9.65. The van der Waals surface area contributed by atoms with Crippen molar-refractivity contribution in [2.45, 2.75) is 38.3 Å². The fraction of sp³-hybridized carbons (Fsp3) is 0.650. The molecule has 7 heteroatoms. The Balaban J connectivity index is 0.00000182. The molecule has 2 aliphatic rings. The van der Waals surface area contributed by atoms with Crippen molar-refractivity contribution in [3.8, 4) is 0 Å². The van der Waals surface area contributed by atoms with Gasteiger partial charge in [-0.05, 0) is 43.8 Å². The van der Waals surface area contributed by atoms with E-state index in [0.29, 0.717) is 18.9 Å². The second kappa shape index (κ2) is 13.3. The van der Waals surface area contributed by atoms with Crippen LogP contribution in [0.5, 0.6) is 0 Å². The van der Waals surface area contributed by atoms with E-state index in [1.165, 1.54) is 18.4 Å². The Hall–Kier alpha value is -0.850. The molecule has 2 aliphatic heterocycles. The van der Waals surface area contributed by atoms with Crippen LogP contribution in [0, 0.1) is 5.92 Å². The second-order valence-corrected chi connectivity index (χ2v) is 7.25. The molecule has 5 nitrogen and oxygen atoms in total. The number of hydrogen-bond acceptors (Lipinski definition) is 4. The summed E-state index contributed by atoms with van der Waals surface area (Å²) in [6.45, 7) is 6.33. The molecule has 0 bridgehead atoms. The third kappa shape index (κ3) is 8.79. The molecule has 0 aromatic heterocycles. The van der Waals surface area contributed by atoms with E-state index in [2.05, 4.69) is 39.8 Å². The topological polar surface area (TPSA) is 53.6 Å². The highest BCUT2D eigenvalue weighted by Gasteiger charge is 2.21. The van der Waals surface area contributed by atoms with Gasteiger partial charge in [0.25, 0.3) is 0 Å². The van der Waals surface area contributed by atoms with Gasteiger partial charge < -0.3 is 15.4 Å². The number of morpholine rings is 1. The lowest BCUT2D eigenvalue weighted by Gasteiger charge is -2.33. The molecule has 2 heterocycles. The minimum Gasteiger partial charge on any atom is -0.374 e. The highest BCUT2D eigenvalue weighted by atomic mass is 35.5. The van der Waals surface area contributed by atoms with Crippen molar-refractivity contribution in [3.63, 3.8) is 0 Å². The van der Waals surface area contributed by atoms with E-state index in [-0.39, 0.29) is 36.8 Å². The number of carbonyl (C=O) groups excluding carboxylic acids is 1. The largest absolute Gasteiger partial charge is 0.374 e. The number of halogens is 2. The first kappa shape index (κ1) is 24.2. The molecule has 2 saturated heterocycles. The lowest BCUT2D eigenvalue weighted by atomic mass is 9.93. The third-order valence-electron chi connectivity index (χ3n) is 5.24. The second-order valence-electron chi connectivity index (χ2n) is 7.25. The van der Waals surface area contributed by atoms with Gasteiger partial charge in [0.05, 0.1) is 12.7 Å². The van der Waals surface area contributed by atoms with E-state index in [0.717, 1.165) is 45.8 Å². The molecule has 0 radical (unpaired) electrons. The molecule has 1 atom stereocenters. The number of piperidine rings is 1. The maximum atomic E-state index is 12.1. The van der Waals surface area contributed by atoms with Gasteiger partial charge in [-0.1, -0.05) is 30.3 Å². The van der Waals surface area contributed by atoms with Gasteiger partial charge in [0.15, 0.2) is 0 Å². The zero-order chi connectivity index (χ0) is 17.3. The van der Waals surface area contributed by atoms with E-state index < -0.39 is 0 Å². The number of benzene rings is 1. The standard InChI is InChI=1S/C20H31N3O2.2ClH/c24-20(7-6-17-8-10-21-11-9-17)22-14-19-16-23(12-13-25-19)15-18-4-2-1-3-5-18;;/h1-5,17,19,21H,6-16H2,(H,22,24);2*1H. The van der Waals surface area contributed by atoms with E-state index in [1.54, 1.807) is 0 Å². The van der Waals surface area contributed by atoms with Gasteiger partial charge in [0.2, 0.25) is 5.91 Å². The Bertz CT molecular complexity index is 527. The summed E-state index contributed by atoms with van der Waals surface area (Å²) in [5.74, 6) is 0.876. The van der Waals surface area contributed by atoms with Crippen molar-refractivity contribution in [1.82, 2.24) is 15.5 Å². The highest BCUT2D eigenvalue weighted by Crippen LogP contribution is 2.17. The summed E-state index contributed by atoms with van der Waals surface area (Å²) in [5.41, 5.74) is 1.33. The predicted molar refractivity (Wildman–Crippen MR) is 114 cm³/mol. The predicted octanol–water partition coefficient (Wildman–Crippen LogP) is 2.63. The smallest absolute Gasteiger partial charge is 0.220 e. The normalized spacial score (nSPS) is 21.0. The van der Waals surface area contributed by atoms with Crippen molar-refractivity contribution < 1.29 is 9.53 Å². The van der Waals surface area contributed by atoms with Crippen LogP contribution in [0.3, 0.4) is 0 Å². The molecular weight excluding hydrogens is 385 g/mol. The Labute approximate surface area is 175 Å². The van der Waals surface area contributed by atoms with Crippen LogP contribution < -0.4 is 10.6 Å². The first-order chi connectivity index (χ1) is 12.3. The lowest BCUT2D eigenvalue weighted by molar-refractivity contribution is -0.122. The molecule has 1 aromatic rings. The molecule has 3 rings (SSSR count). The molecule has 1 unspecified atom stereocenters. The Kier molecular flexibility index (Phi) is 12.0. The van der Waals surface area contributed by atoms with Gasteiger partial charge in [-0.25, -0.2) is 0 Å². The summed E-state index contributed by atoms with van der Waals surface area (Å²) in [4.78, 5) is 14.5. The van der Waals surface area contributed by atoms with Crippen molar-refractivity contribution in [1.29, 1.82) is 0 Å².